The van der Waals surface area contributed by atoms with Crippen molar-refractivity contribution in [2.24, 2.45) is 11.8 Å². The third-order valence-corrected chi connectivity index (χ3v) is 2.14. The molecule has 68 valence electrons. The lowest BCUT2D eigenvalue weighted by Gasteiger charge is -2.15. The summed E-state index contributed by atoms with van der Waals surface area (Å²) in [6.07, 6.45) is 4.08. The Balaban J connectivity index is 3.32. The largest absolute Gasteiger partial charge is 0.319 e. The molecule has 0 aliphatic carbocycles. The lowest BCUT2D eigenvalue weighted by Crippen LogP contribution is -2.18. The molecule has 0 aliphatic rings. The van der Waals surface area contributed by atoms with Crippen molar-refractivity contribution in [3.05, 3.63) is 0 Å². The third kappa shape index (κ3) is 6.36. The normalized spacial score (nSPS) is 16.4. The second kappa shape index (κ2) is 6.66. The Bertz CT molecular complexity index is 70.9. The predicted molar refractivity (Wildman–Crippen MR) is 51.8 cm³/mol. The fourth-order valence-electron chi connectivity index (χ4n) is 1.73. The molecular formula is C10H23N. The summed E-state index contributed by atoms with van der Waals surface area (Å²) in [4.78, 5) is 0. The molecule has 0 saturated heterocycles. The minimum absolute atomic E-state index is 0.835. The maximum atomic E-state index is 3.21. The zero-order chi connectivity index (χ0) is 8.69. The molecule has 0 saturated carbocycles. The van der Waals surface area contributed by atoms with Crippen molar-refractivity contribution in [1.82, 2.24) is 5.32 Å². The van der Waals surface area contributed by atoms with Gasteiger partial charge < -0.3 is 5.32 Å². The topological polar surface area (TPSA) is 12.0 Å². The Morgan fingerprint density at radius 2 is 1.82 bits per heavy atom. The highest BCUT2D eigenvalue weighted by atomic mass is 14.8. The molecule has 0 aromatic heterocycles. The molecule has 1 N–H and O–H groups in total. The van der Waals surface area contributed by atoms with Gasteiger partial charge in [0.1, 0.15) is 0 Å². The molecule has 0 heterocycles. The zero-order valence-corrected chi connectivity index (χ0v) is 8.48. The van der Waals surface area contributed by atoms with Gasteiger partial charge in [0.2, 0.25) is 0 Å². The third-order valence-electron chi connectivity index (χ3n) is 2.14. The highest BCUT2D eigenvalue weighted by Gasteiger charge is 2.06. The molecule has 0 aromatic carbocycles. The van der Waals surface area contributed by atoms with E-state index >= 15 is 0 Å². The van der Waals surface area contributed by atoms with Gasteiger partial charge in [0.05, 0.1) is 0 Å². The van der Waals surface area contributed by atoms with Crippen molar-refractivity contribution >= 4 is 0 Å². The van der Waals surface area contributed by atoms with Crippen molar-refractivity contribution in [2.75, 3.05) is 13.6 Å². The summed E-state index contributed by atoms with van der Waals surface area (Å²) in [6.45, 7) is 8.10. The smallest absolute Gasteiger partial charge is 0.00261 e. The van der Waals surface area contributed by atoms with E-state index < -0.39 is 0 Å². The highest BCUT2D eigenvalue weighted by Crippen LogP contribution is 2.15. The van der Waals surface area contributed by atoms with E-state index in [4.69, 9.17) is 0 Å². The Labute approximate surface area is 71.6 Å². The number of hydrogen-bond donors (Lipinski definition) is 1. The van der Waals surface area contributed by atoms with Crippen LogP contribution in [0.15, 0.2) is 0 Å². The zero-order valence-electron chi connectivity index (χ0n) is 8.48. The average Bonchev–Trinajstić information content (AvgIpc) is 1.87. The molecular weight excluding hydrogens is 134 g/mol. The van der Waals surface area contributed by atoms with Crippen LogP contribution in [0.25, 0.3) is 0 Å². The van der Waals surface area contributed by atoms with Crippen molar-refractivity contribution in [2.45, 2.75) is 40.0 Å². The number of nitrogens with one attached hydrogen (secondary N) is 1. The van der Waals surface area contributed by atoms with Crippen LogP contribution in [0.5, 0.6) is 0 Å². The number of hydrogen-bond acceptors (Lipinski definition) is 1. The van der Waals surface area contributed by atoms with Crippen molar-refractivity contribution in [3.63, 3.8) is 0 Å². The minimum Gasteiger partial charge on any atom is -0.319 e. The van der Waals surface area contributed by atoms with E-state index in [0.717, 1.165) is 18.4 Å². The summed E-state index contributed by atoms with van der Waals surface area (Å²) < 4.78 is 0. The van der Waals surface area contributed by atoms with E-state index in [-0.39, 0.29) is 0 Å². The van der Waals surface area contributed by atoms with Crippen LogP contribution in [-0.2, 0) is 0 Å². The second-order valence-electron chi connectivity index (χ2n) is 3.79. The average molecular weight is 157 g/mol. The first-order valence-corrected chi connectivity index (χ1v) is 4.85. The van der Waals surface area contributed by atoms with Crippen LogP contribution in [0.4, 0.5) is 0 Å². The van der Waals surface area contributed by atoms with E-state index in [1.54, 1.807) is 0 Å². The van der Waals surface area contributed by atoms with Crippen LogP contribution in [0.1, 0.15) is 40.0 Å². The lowest BCUT2D eigenvalue weighted by molar-refractivity contribution is 0.384. The van der Waals surface area contributed by atoms with Gasteiger partial charge >= 0.3 is 0 Å². The van der Waals surface area contributed by atoms with Crippen molar-refractivity contribution < 1.29 is 0 Å². The van der Waals surface area contributed by atoms with Gasteiger partial charge in [-0.2, -0.15) is 0 Å². The van der Waals surface area contributed by atoms with Gasteiger partial charge in [-0.05, 0) is 31.8 Å². The quantitative estimate of drug-likeness (QED) is 0.625. The van der Waals surface area contributed by atoms with Gasteiger partial charge in [0.25, 0.3) is 0 Å². The SMILES string of the molecule is CCCC(C)CC(C)CNC. The summed E-state index contributed by atoms with van der Waals surface area (Å²) in [6, 6.07) is 0. The fourth-order valence-corrected chi connectivity index (χ4v) is 1.73. The molecule has 0 spiro atoms. The molecule has 11 heavy (non-hydrogen) atoms. The summed E-state index contributed by atoms with van der Waals surface area (Å²) in [5.74, 6) is 1.74. The molecule has 0 aliphatic heterocycles. The van der Waals surface area contributed by atoms with E-state index in [9.17, 15) is 0 Å². The first kappa shape index (κ1) is 11.0. The summed E-state index contributed by atoms with van der Waals surface area (Å²) >= 11 is 0. The van der Waals surface area contributed by atoms with Gasteiger partial charge in [-0.15, -0.1) is 0 Å². The van der Waals surface area contributed by atoms with Gasteiger partial charge in [0, 0.05) is 0 Å². The first-order valence-electron chi connectivity index (χ1n) is 4.85. The maximum absolute atomic E-state index is 3.21. The Morgan fingerprint density at radius 1 is 1.18 bits per heavy atom. The Kier molecular flexibility index (Phi) is 6.63. The number of rotatable bonds is 6. The van der Waals surface area contributed by atoms with Gasteiger partial charge in [-0.3, -0.25) is 0 Å². The Morgan fingerprint density at radius 3 is 2.27 bits per heavy atom. The van der Waals surface area contributed by atoms with Crippen molar-refractivity contribution in [1.29, 1.82) is 0 Å². The molecule has 2 unspecified atom stereocenters. The second-order valence-corrected chi connectivity index (χ2v) is 3.79. The van der Waals surface area contributed by atoms with Crippen LogP contribution in [0, 0.1) is 11.8 Å². The standard InChI is InChI=1S/C10H23N/c1-5-6-9(2)7-10(3)8-11-4/h9-11H,5-8H2,1-4H3. The molecule has 0 fully saturated rings. The van der Waals surface area contributed by atoms with E-state index in [2.05, 4.69) is 26.1 Å². The molecule has 0 bridgehead atoms. The van der Waals surface area contributed by atoms with E-state index in [0.29, 0.717) is 0 Å². The minimum atomic E-state index is 0.835. The van der Waals surface area contributed by atoms with Gasteiger partial charge in [-0.25, -0.2) is 0 Å². The molecule has 0 rings (SSSR count). The predicted octanol–water partition coefficient (Wildman–Crippen LogP) is 2.67. The molecule has 1 heteroatoms. The van der Waals surface area contributed by atoms with Crippen LogP contribution < -0.4 is 5.32 Å². The monoisotopic (exact) mass is 157 g/mol. The van der Waals surface area contributed by atoms with Crippen LogP contribution in [0.3, 0.4) is 0 Å². The molecule has 0 aromatic rings. The van der Waals surface area contributed by atoms with Gasteiger partial charge in [-0.1, -0.05) is 33.6 Å². The molecule has 0 amide bonds. The van der Waals surface area contributed by atoms with E-state index in [1.165, 1.54) is 19.3 Å². The van der Waals surface area contributed by atoms with Crippen molar-refractivity contribution in [3.8, 4) is 0 Å². The molecule has 2 atom stereocenters. The fraction of sp³-hybridized carbons (Fsp3) is 1.00. The highest BCUT2D eigenvalue weighted by molar-refractivity contribution is 4.60. The molecule has 0 radical (unpaired) electrons. The lowest BCUT2D eigenvalue weighted by atomic mass is 9.94. The van der Waals surface area contributed by atoms with E-state index in [1.807, 2.05) is 7.05 Å². The summed E-state index contributed by atoms with van der Waals surface area (Å²) in [5, 5.41) is 3.21. The first-order chi connectivity index (χ1) is 5.20. The maximum Gasteiger partial charge on any atom is -0.00261 e. The Hall–Kier alpha value is -0.0400. The van der Waals surface area contributed by atoms with Crippen LogP contribution in [0.2, 0.25) is 0 Å². The summed E-state index contributed by atoms with van der Waals surface area (Å²) in [7, 11) is 2.03. The summed E-state index contributed by atoms with van der Waals surface area (Å²) in [5.41, 5.74) is 0. The van der Waals surface area contributed by atoms with Crippen LogP contribution in [-0.4, -0.2) is 13.6 Å². The molecule has 1 nitrogen and oxygen atoms in total. The van der Waals surface area contributed by atoms with Gasteiger partial charge in [0.15, 0.2) is 0 Å². The van der Waals surface area contributed by atoms with Crippen LogP contribution >= 0.6 is 0 Å².